The highest BCUT2D eigenvalue weighted by molar-refractivity contribution is 9.10. The van der Waals surface area contributed by atoms with Crippen LogP contribution in [-0.4, -0.2) is 35.6 Å². The molecule has 0 heterocycles. The van der Waals surface area contributed by atoms with E-state index in [1.165, 1.54) is 20.0 Å². The third-order valence-corrected chi connectivity index (χ3v) is 2.90. The first-order valence-electron chi connectivity index (χ1n) is 5.43. The number of likely N-dealkylation sites (N-methyl/N-ethyl adjacent to an activating group) is 1. The summed E-state index contributed by atoms with van der Waals surface area (Å²) < 4.78 is 38.9. The SMILES string of the molecule is CC(O)CN(C)C(=O)c1ccc(Br)cc1C(F)(F)F. The molecule has 1 amide bonds. The Morgan fingerprint density at radius 2 is 2.05 bits per heavy atom. The molecule has 0 aliphatic carbocycles. The Labute approximate surface area is 117 Å². The van der Waals surface area contributed by atoms with Crippen molar-refractivity contribution in [1.29, 1.82) is 0 Å². The molecule has 0 fully saturated rings. The normalized spacial score (nSPS) is 13.2. The van der Waals surface area contributed by atoms with Crippen LogP contribution in [0.3, 0.4) is 0 Å². The van der Waals surface area contributed by atoms with Crippen molar-refractivity contribution >= 4 is 21.8 Å². The van der Waals surface area contributed by atoms with E-state index in [9.17, 15) is 18.0 Å². The Hall–Kier alpha value is -1.08. The van der Waals surface area contributed by atoms with Crippen molar-refractivity contribution in [3.63, 3.8) is 0 Å². The lowest BCUT2D eigenvalue weighted by molar-refractivity contribution is -0.138. The average molecular weight is 340 g/mol. The van der Waals surface area contributed by atoms with Gasteiger partial charge in [0.1, 0.15) is 0 Å². The molecule has 0 aliphatic rings. The molecule has 0 spiro atoms. The standard InChI is InChI=1S/C12H13BrF3NO2/c1-7(18)6-17(2)11(19)9-4-3-8(13)5-10(9)12(14,15)16/h3-5,7,18H,6H2,1-2H3. The third kappa shape index (κ3) is 4.21. The van der Waals surface area contributed by atoms with Crippen molar-refractivity contribution in [3.05, 3.63) is 33.8 Å². The second kappa shape index (κ2) is 5.92. The molecular weight excluding hydrogens is 327 g/mol. The topological polar surface area (TPSA) is 40.5 Å². The zero-order valence-electron chi connectivity index (χ0n) is 10.3. The number of alkyl halides is 3. The number of benzene rings is 1. The number of aliphatic hydroxyl groups excluding tert-OH is 1. The Morgan fingerprint density at radius 3 is 2.53 bits per heavy atom. The number of hydrogen-bond donors (Lipinski definition) is 1. The fraction of sp³-hybridized carbons (Fsp3) is 0.417. The van der Waals surface area contributed by atoms with Crippen LogP contribution in [0.2, 0.25) is 0 Å². The minimum atomic E-state index is -4.61. The van der Waals surface area contributed by atoms with E-state index in [0.717, 1.165) is 17.0 Å². The molecule has 0 bridgehead atoms. The van der Waals surface area contributed by atoms with Crippen LogP contribution in [0, 0.1) is 0 Å². The predicted molar refractivity (Wildman–Crippen MR) is 67.8 cm³/mol. The molecular formula is C12H13BrF3NO2. The summed E-state index contributed by atoms with van der Waals surface area (Å²) in [6, 6.07) is 3.36. The summed E-state index contributed by atoms with van der Waals surface area (Å²) in [5, 5.41) is 9.17. The maximum absolute atomic E-state index is 12.9. The molecule has 1 unspecified atom stereocenters. The van der Waals surface area contributed by atoms with Crippen molar-refractivity contribution in [2.75, 3.05) is 13.6 Å². The maximum atomic E-state index is 12.9. The van der Waals surface area contributed by atoms with Gasteiger partial charge < -0.3 is 10.0 Å². The highest BCUT2D eigenvalue weighted by Gasteiger charge is 2.36. The van der Waals surface area contributed by atoms with Gasteiger partial charge in [-0.25, -0.2) is 0 Å². The number of amides is 1. The summed E-state index contributed by atoms with van der Waals surface area (Å²) in [5.74, 6) is -0.777. The van der Waals surface area contributed by atoms with Crippen LogP contribution in [0.1, 0.15) is 22.8 Å². The number of halogens is 4. The van der Waals surface area contributed by atoms with Gasteiger partial charge in [-0.15, -0.1) is 0 Å². The molecule has 106 valence electrons. The van der Waals surface area contributed by atoms with Gasteiger partial charge >= 0.3 is 6.18 Å². The fourth-order valence-corrected chi connectivity index (χ4v) is 1.98. The number of rotatable bonds is 3. The summed E-state index contributed by atoms with van der Waals surface area (Å²) >= 11 is 2.95. The lowest BCUT2D eigenvalue weighted by Crippen LogP contribution is -2.34. The van der Waals surface area contributed by atoms with E-state index in [4.69, 9.17) is 5.11 Å². The van der Waals surface area contributed by atoms with Crippen LogP contribution in [0.4, 0.5) is 13.2 Å². The van der Waals surface area contributed by atoms with E-state index < -0.39 is 29.3 Å². The van der Waals surface area contributed by atoms with E-state index in [1.54, 1.807) is 0 Å². The second-order valence-corrected chi connectivity index (χ2v) is 5.14. The Morgan fingerprint density at radius 1 is 1.47 bits per heavy atom. The predicted octanol–water partition coefficient (Wildman–Crippen LogP) is 2.92. The van der Waals surface area contributed by atoms with Gasteiger partial charge in [-0.3, -0.25) is 4.79 Å². The van der Waals surface area contributed by atoms with Crippen molar-refractivity contribution in [3.8, 4) is 0 Å². The monoisotopic (exact) mass is 339 g/mol. The smallest absolute Gasteiger partial charge is 0.392 e. The average Bonchev–Trinajstić information content (AvgIpc) is 2.25. The summed E-state index contributed by atoms with van der Waals surface area (Å²) in [4.78, 5) is 13.0. The van der Waals surface area contributed by atoms with Crippen LogP contribution < -0.4 is 0 Å². The molecule has 1 atom stereocenters. The summed E-state index contributed by atoms with van der Waals surface area (Å²) in [7, 11) is 1.34. The van der Waals surface area contributed by atoms with Gasteiger partial charge in [-0.2, -0.15) is 13.2 Å². The largest absolute Gasteiger partial charge is 0.417 e. The second-order valence-electron chi connectivity index (χ2n) is 4.22. The van der Waals surface area contributed by atoms with E-state index >= 15 is 0 Å². The number of carbonyl (C=O) groups is 1. The van der Waals surface area contributed by atoms with Gasteiger partial charge in [0.15, 0.2) is 0 Å². The lowest BCUT2D eigenvalue weighted by atomic mass is 10.1. The van der Waals surface area contributed by atoms with Gasteiger partial charge in [0, 0.05) is 18.1 Å². The van der Waals surface area contributed by atoms with E-state index in [1.807, 2.05) is 0 Å². The molecule has 1 aromatic carbocycles. The summed E-state index contributed by atoms with van der Waals surface area (Å²) in [6.07, 6.45) is -5.42. The van der Waals surface area contributed by atoms with Crippen molar-refractivity contribution in [1.82, 2.24) is 4.90 Å². The van der Waals surface area contributed by atoms with E-state index in [-0.39, 0.29) is 11.0 Å². The van der Waals surface area contributed by atoms with Crippen LogP contribution in [0.15, 0.2) is 22.7 Å². The van der Waals surface area contributed by atoms with Crippen molar-refractivity contribution in [2.24, 2.45) is 0 Å². The first kappa shape index (κ1) is 16.0. The van der Waals surface area contributed by atoms with Crippen LogP contribution in [-0.2, 0) is 6.18 Å². The lowest BCUT2D eigenvalue weighted by Gasteiger charge is -2.21. The molecule has 19 heavy (non-hydrogen) atoms. The molecule has 1 N–H and O–H groups in total. The van der Waals surface area contributed by atoms with E-state index in [2.05, 4.69) is 15.9 Å². The number of nitrogens with zero attached hydrogens (tertiary/aromatic N) is 1. The van der Waals surface area contributed by atoms with Crippen LogP contribution in [0.5, 0.6) is 0 Å². The van der Waals surface area contributed by atoms with Gasteiger partial charge in [0.2, 0.25) is 0 Å². The maximum Gasteiger partial charge on any atom is 0.417 e. The highest BCUT2D eigenvalue weighted by Crippen LogP contribution is 2.34. The molecule has 3 nitrogen and oxygen atoms in total. The summed E-state index contributed by atoms with van der Waals surface area (Å²) in [5.41, 5.74) is -1.43. The highest BCUT2D eigenvalue weighted by atomic mass is 79.9. The first-order valence-corrected chi connectivity index (χ1v) is 6.22. The minimum absolute atomic E-state index is 0.0355. The van der Waals surface area contributed by atoms with Gasteiger partial charge in [0.25, 0.3) is 5.91 Å². The molecule has 0 saturated carbocycles. The molecule has 0 aromatic heterocycles. The molecule has 1 aromatic rings. The molecule has 7 heteroatoms. The number of carbonyl (C=O) groups excluding carboxylic acids is 1. The Balaban J connectivity index is 3.16. The third-order valence-electron chi connectivity index (χ3n) is 2.40. The van der Waals surface area contributed by atoms with Crippen LogP contribution in [0.25, 0.3) is 0 Å². The van der Waals surface area contributed by atoms with Crippen LogP contribution >= 0.6 is 15.9 Å². The first-order chi connectivity index (χ1) is 8.62. The Kier molecular flexibility index (Phi) is 4.98. The molecule has 0 radical (unpaired) electrons. The van der Waals surface area contributed by atoms with E-state index in [0.29, 0.717) is 0 Å². The Bertz CT molecular complexity index is 475. The summed E-state index contributed by atoms with van der Waals surface area (Å²) in [6.45, 7) is 1.42. The minimum Gasteiger partial charge on any atom is -0.392 e. The quantitative estimate of drug-likeness (QED) is 0.919. The zero-order valence-corrected chi connectivity index (χ0v) is 11.9. The zero-order chi connectivity index (χ0) is 14.8. The van der Waals surface area contributed by atoms with Crippen molar-refractivity contribution in [2.45, 2.75) is 19.2 Å². The molecule has 0 saturated heterocycles. The molecule has 0 aliphatic heterocycles. The van der Waals surface area contributed by atoms with Gasteiger partial charge in [0.05, 0.1) is 17.2 Å². The fourth-order valence-electron chi connectivity index (χ4n) is 1.62. The number of hydrogen-bond acceptors (Lipinski definition) is 2. The van der Waals surface area contributed by atoms with Gasteiger partial charge in [-0.05, 0) is 25.1 Å². The number of aliphatic hydroxyl groups is 1. The van der Waals surface area contributed by atoms with Gasteiger partial charge in [-0.1, -0.05) is 15.9 Å². The molecule has 1 rings (SSSR count). The van der Waals surface area contributed by atoms with Crippen molar-refractivity contribution < 1.29 is 23.1 Å².